The summed E-state index contributed by atoms with van der Waals surface area (Å²) in [5, 5.41) is 9.31. The van der Waals surface area contributed by atoms with Crippen molar-refractivity contribution in [2.45, 2.75) is 26.9 Å². The summed E-state index contributed by atoms with van der Waals surface area (Å²) in [5.74, 6) is -4.72. The number of nitrogens with two attached hydrogens (primary N) is 2. The van der Waals surface area contributed by atoms with Crippen LogP contribution in [0.15, 0.2) is 31.6 Å². The number of aryl methyl sites for hydroxylation is 2. The number of primary amides is 2. The second-order valence-corrected chi connectivity index (χ2v) is 10.7. The highest BCUT2D eigenvalue weighted by Crippen LogP contribution is 1.96. The lowest BCUT2D eigenvalue weighted by Crippen LogP contribution is -2.49. The first-order valence-electron chi connectivity index (χ1n) is 14.7. The molecule has 0 spiro atoms. The van der Waals surface area contributed by atoms with Gasteiger partial charge in [-0.2, -0.15) is 0 Å². The summed E-state index contributed by atoms with van der Waals surface area (Å²) in [6.07, 6.45) is 2.32. The van der Waals surface area contributed by atoms with Crippen LogP contribution in [0.5, 0.6) is 0 Å². The monoisotopic (exact) mass is 706 g/mol. The maximum atomic E-state index is 13.0. The predicted octanol–water partition coefficient (Wildman–Crippen LogP) is -7.14. The summed E-state index contributed by atoms with van der Waals surface area (Å²) in [6, 6.07) is -0.791. The molecule has 0 aromatic carbocycles. The minimum atomic E-state index is -0.872. The quantitative estimate of drug-likeness (QED) is 0.0720. The molecule has 2 aromatic heterocycles. The van der Waals surface area contributed by atoms with Crippen molar-refractivity contribution < 1.29 is 33.6 Å². The summed E-state index contributed by atoms with van der Waals surface area (Å²) in [5.41, 5.74) is 7.31. The molecule has 8 amide bonds. The number of carbonyl (C=O) groups excluding carboxylic acids is 7. The molecule has 23 heteroatoms. The van der Waals surface area contributed by atoms with Gasteiger partial charge in [-0.1, -0.05) is 0 Å². The Morgan fingerprint density at radius 2 is 1.00 bits per heavy atom. The molecule has 2 heterocycles. The molecular weight excluding hydrogens is 668 g/mol. The molecule has 2 aromatic rings. The van der Waals surface area contributed by atoms with E-state index in [1.165, 1.54) is 13.8 Å². The third-order valence-corrected chi connectivity index (χ3v) is 6.62. The highest BCUT2D eigenvalue weighted by molar-refractivity contribution is 5.88. The molecule has 0 atom stereocenters. The van der Waals surface area contributed by atoms with Crippen molar-refractivity contribution in [2.75, 3.05) is 52.4 Å². The van der Waals surface area contributed by atoms with E-state index in [0.29, 0.717) is 0 Å². The van der Waals surface area contributed by atoms with Gasteiger partial charge in [0.25, 0.3) is 11.1 Å². The lowest BCUT2D eigenvalue weighted by molar-refractivity contribution is -0.136. The first-order chi connectivity index (χ1) is 23.5. The molecule has 0 unspecified atom stereocenters. The van der Waals surface area contributed by atoms with E-state index >= 15 is 0 Å². The van der Waals surface area contributed by atoms with Crippen LogP contribution in [0.3, 0.4) is 0 Å². The zero-order valence-electron chi connectivity index (χ0n) is 27.2. The van der Waals surface area contributed by atoms with Crippen LogP contribution >= 0.6 is 0 Å². The van der Waals surface area contributed by atoms with Gasteiger partial charge >= 0.3 is 17.4 Å². The number of amides is 8. The maximum Gasteiger partial charge on any atom is 0.328 e. The molecule has 0 aliphatic carbocycles. The summed E-state index contributed by atoms with van der Waals surface area (Å²) < 4.78 is 1.84. The maximum absolute atomic E-state index is 13.0. The summed E-state index contributed by atoms with van der Waals surface area (Å²) in [7, 11) is 0. The van der Waals surface area contributed by atoms with Crippen molar-refractivity contribution >= 4 is 41.5 Å². The molecule has 10 N–H and O–H groups in total. The fourth-order valence-corrected chi connectivity index (χ4v) is 4.05. The Balaban J connectivity index is 2.04. The van der Waals surface area contributed by atoms with E-state index in [1.807, 2.05) is 9.97 Å². The Hall–Kier alpha value is -6.55. The lowest BCUT2D eigenvalue weighted by Gasteiger charge is -2.24. The van der Waals surface area contributed by atoms with E-state index in [0.717, 1.165) is 31.3 Å². The molecule has 0 aliphatic rings. The van der Waals surface area contributed by atoms with Crippen LogP contribution in [-0.2, 0) is 41.9 Å². The van der Waals surface area contributed by atoms with Crippen LogP contribution < -0.4 is 55.2 Å². The van der Waals surface area contributed by atoms with E-state index in [4.69, 9.17) is 11.5 Å². The van der Waals surface area contributed by atoms with Gasteiger partial charge in [0.15, 0.2) is 0 Å². The zero-order chi connectivity index (χ0) is 37.5. The molecule has 272 valence electrons. The van der Waals surface area contributed by atoms with Gasteiger partial charge in [-0.3, -0.25) is 57.5 Å². The number of hydrogen-bond acceptors (Lipinski definition) is 11. The molecule has 0 aliphatic heterocycles. The van der Waals surface area contributed by atoms with Gasteiger partial charge in [0, 0.05) is 49.7 Å². The highest BCUT2D eigenvalue weighted by atomic mass is 16.2. The smallest absolute Gasteiger partial charge is 0.328 e. The van der Waals surface area contributed by atoms with E-state index in [2.05, 4.69) is 21.3 Å². The van der Waals surface area contributed by atoms with Gasteiger partial charge in [-0.25, -0.2) is 14.4 Å². The molecule has 2 rings (SSSR count). The van der Waals surface area contributed by atoms with Gasteiger partial charge < -0.3 is 42.5 Å². The average Bonchev–Trinajstić information content (AvgIpc) is 3.03. The summed E-state index contributed by atoms with van der Waals surface area (Å²) >= 11 is 0. The van der Waals surface area contributed by atoms with Gasteiger partial charge in [-0.15, -0.1) is 0 Å². The Morgan fingerprint density at radius 3 is 1.34 bits per heavy atom. The second-order valence-electron chi connectivity index (χ2n) is 10.7. The normalized spacial score (nSPS) is 10.4. The van der Waals surface area contributed by atoms with E-state index < -0.39 is 103 Å². The number of aromatic amines is 2. The topological polar surface area (TPSA) is 336 Å². The number of H-pyrrole nitrogens is 2. The number of aromatic nitrogens is 4. The summed E-state index contributed by atoms with van der Waals surface area (Å²) in [6.45, 7) is -1.48. The molecule has 0 radical (unpaired) electrons. The van der Waals surface area contributed by atoms with Crippen LogP contribution in [0.1, 0.15) is 11.1 Å². The Labute approximate surface area is 281 Å². The lowest BCUT2D eigenvalue weighted by atomic mass is 10.3. The highest BCUT2D eigenvalue weighted by Gasteiger charge is 2.21. The SMILES string of the molecule is Cc1cn(CC(=O)N(CCNC(=O)NCCN(CC(=O)NCC(N)=O)C(=O)Cn2cc(C)c(=O)[nH]c2=O)CC(=O)NCC(N)=O)c(=O)[nH]c1=O. The van der Waals surface area contributed by atoms with Gasteiger partial charge in [0.2, 0.25) is 35.4 Å². The third-order valence-electron chi connectivity index (χ3n) is 6.62. The first kappa shape index (κ1) is 39.6. The van der Waals surface area contributed by atoms with Crippen molar-refractivity contribution in [1.29, 1.82) is 0 Å². The Kier molecular flexibility index (Phi) is 14.8. The minimum Gasteiger partial charge on any atom is -0.368 e. The molecule has 50 heavy (non-hydrogen) atoms. The van der Waals surface area contributed by atoms with Crippen molar-refractivity contribution in [1.82, 2.24) is 50.2 Å². The number of urea groups is 1. The summed E-state index contributed by atoms with van der Waals surface area (Å²) in [4.78, 5) is 139. The van der Waals surface area contributed by atoms with Crippen LogP contribution in [0.4, 0.5) is 4.79 Å². The number of nitrogens with one attached hydrogen (secondary N) is 6. The van der Waals surface area contributed by atoms with Crippen molar-refractivity contribution in [3.05, 3.63) is 65.2 Å². The standard InChI is InChI=1S/C27H38N12O11/c1-15-9-38(26(49)34-23(15)46)13-21(44)36(11-19(42)32-7-17(28)40)5-3-30-25(48)31-4-6-37(12-20(43)33-8-18(29)41)22(45)14-39-10-16(2)24(47)35-27(39)50/h9-10H,3-8,11-14H2,1-2H3,(H2,28,40)(H2,29,41)(H,32,42)(H,33,43)(H2,30,31,48)(H,34,46,49)(H,35,47,50). The van der Waals surface area contributed by atoms with E-state index in [-0.39, 0.29) is 37.3 Å². The molecular formula is C27H38N12O11. The van der Waals surface area contributed by atoms with Crippen molar-refractivity contribution in [3.63, 3.8) is 0 Å². The van der Waals surface area contributed by atoms with E-state index in [1.54, 1.807) is 0 Å². The number of carbonyl (C=O) groups is 7. The van der Waals surface area contributed by atoms with Crippen molar-refractivity contribution in [2.24, 2.45) is 11.5 Å². The third kappa shape index (κ3) is 13.3. The first-order valence-corrected chi connectivity index (χ1v) is 14.7. The minimum absolute atomic E-state index is 0.147. The number of nitrogens with zero attached hydrogens (tertiary/aromatic N) is 4. The Bertz CT molecular complexity index is 1730. The second kappa shape index (κ2) is 18.7. The Morgan fingerprint density at radius 1 is 0.640 bits per heavy atom. The molecule has 0 saturated carbocycles. The fourth-order valence-electron chi connectivity index (χ4n) is 4.05. The van der Waals surface area contributed by atoms with E-state index in [9.17, 15) is 52.7 Å². The predicted molar refractivity (Wildman–Crippen MR) is 171 cm³/mol. The van der Waals surface area contributed by atoms with Gasteiger partial charge in [-0.05, 0) is 13.8 Å². The van der Waals surface area contributed by atoms with Gasteiger partial charge in [0.1, 0.15) is 13.1 Å². The molecule has 0 fully saturated rings. The van der Waals surface area contributed by atoms with Gasteiger partial charge in [0.05, 0.1) is 26.2 Å². The number of rotatable bonds is 18. The molecule has 23 nitrogen and oxygen atoms in total. The molecule has 0 bridgehead atoms. The zero-order valence-corrected chi connectivity index (χ0v) is 27.2. The fraction of sp³-hybridized carbons (Fsp3) is 0.444. The number of hydrogen-bond donors (Lipinski definition) is 8. The van der Waals surface area contributed by atoms with Crippen LogP contribution in [0.2, 0.25) is 0 Å². The van der Waals surface area contributed by atoms with Crippen LogP contribution in [-0.4, -0.2) is 123 Å². The van der Waals surface area contributed by atoms with Crippen LogP contribution in [0.25, 0.3) is 0 Å². The van der Waals surface area contributed by atoms with Crippen LogP contribution in [0, 0.1) is 13.8 Å². The van der Waals surface area contributed by atoms with Crippen molar-refractivity contribution in [3.8, 4) is 0 Å². The largest absolute Gasteiger partial charge is 0.368 e. The average molecular weight is 707 g/mol. The molecule has 0 saturated heterocycles.